The van der Waals surface area contributed by atoms with Crippen LogP contribution in [0, 0.1) is 18.8 Å². The quantitative estimate of drug-likeness (QED) is 0.857. The fraction of sp³-hybridized carbons (Fsp3) is 0.550. The van der Waals surface area contributed by atoms with Crippen LogP contribution >= 0.6 is 0 Å². The molecule has 3 atom stereocenters. The van der Waals surface area contributed by atoms with Crippen LogP contribution in [-0.2, 0) is 9.59 Å². The molecule has 140 valence electrons. The van der Waals surface area contributed by atoms with Crippen molar-refractivity contribution in [3.8, 4) is 0 Å². The fourth-order valence-electron chi connectivity index (χ4n) is 3.96. The predicted molar refractivity (Wildman–Crippen MR) is 98.5 cm³/mol. The maximum atomic E-state index is 13.2. The summed E-state index contributed by atoms with van der Waals surface area (Å²) in [6.45, 7) is 6.89. The molecule has 2 aliphatic rings. The molecule has 0 saturated carbocycles. The van der Waals surface area contributed by atoms with Crippen LogP contribution in [0.3, 0.4) is 0 Å². The summed E-state index contributed by atoms with van der Waals surface area (Å²) in [6, 6.07) is 6.65. The van der Waals surface area contributed by atoms with Gasteiger partial charge in [-0.05, 0) is 37.3 Å². The van der Waals surface area contributed by atoms with Crippen LogP contribution in [-0.4, -0.2) is 47.8 Å². The molecule has 6 heteroatoms. The average molecular weight is 357 g/mol. The zero-order chi connectivity index (χ0) is 18.8. The Morgan fingerprint density at radius 2 is 2.00 bits per heavy atom. The second-order valence-electron chi connectivity index (χ2n) is 7.60. The van der Waals surface area contributed by atoms with E-state index < -0.39 is 6.04 Å². The number of aryl methyl sites for hydroxylation is 1. The molecule has 26 heavy (non-hydrogen) atoms. The van der Waals surface area contributed by atoms with Crippen molar-refractivity contribution in [2.24, 2.45) is 11.8 Å². The third kappa shape index (κ3) is 3.45. The van der Waals surface area contributed by atoms with Gasteiger partial charge < -0.3 is 15.5 Å². The Morgan fingerprint density at radius 1 is 1.27 bits per heavy atom. The van der Waals surface area contributed by atoms with Gasteiger partial charge in [0.15, 0.2) is 0 Å². The third-order valence-electron chi connectivity index (χ3n) is 5.49. The summed E-state index contributed by atoms with van der Waals surface area (Å²) in [5, 5.41) is 5.79. The normalized spacial score (nSPS) is 23.4. The molecular weight excluding hydrogens is 330 g/mol. The molecule has 0 radical (unpaired) electrons. The average Bonchev–Trinajstić information content (AvgIpc) is 3.00. The highest BCUT2D eigenvalue weighted by molar-refractivity contribution is 5.99. The highest BCUT2D eigenvalue weighted by Gasteiger charge is 2.44. The first-order valence-corrected chi connectivity index (χ1v) is 9.35. The molecule has 0 aliphatic carbocycles. The Hall–Kier alpha value is -2.37. The number of rotatable bonds is 4. The van der Waals surface area contributed by atoms with Crippen molar-refractivity contribution >= 4 is 17.7 Å². The summed E-state index contributed by atoms with van der Waals surface area (Å²) in [7, 11) is 0. The number of carbonyl (C=O) groups is 3. The van der Waals surface area contributed by atoms with Crippen LogP contribution in [0.5, 0.6) is 0 Å². The van der Waals surface area contributed by atoms with Crippen molar-refractivity contribution in [2.45, 2.75) is 45.7 Å². The van der Waals surface area contributed by atoms with E-state index in [4.69, 9.17) is 0 Å². The Labute approximate surface area is 154 Å². The van der Waals surface area contributed by atoms with Gasteiger partial charge in [-0.15, -0.1) is 0 Å². The van der Waals surface area contributed by atoms with E-state index in [1.807, 2.05) is 39.0 Å². The molecule has 6 nitrogen and oxygen atoms in total. The second-order valence-corrected chi connectivity index (χ2v) is 7.60. The summed E-state index contributed by atoms with van der Waals surface area (Å²) < 4.78 is 0. The molecule has 2 fully saturated rings. The Kier molecular flexibility index (Phi) is 5.30. The fourth-order valence-corrected chi connectivity index (χ4v) is 3.96. The zero-order valence-electron chi connectivity index (χ0n) is 15.6. The standard InChI is InChI=1S/C20H27N3O3/c1-12(2)17(22-19(25)14-8-5-4-7-13(14)3)20(26)23-10-6-9-15-16(23)11-21-18(15)24/h4-5,7-8,12,15-17H,6,9-11H2,1-3H3,(H,21,24)(H,22,25)/t15-,16-,17?/m1/s1. The maximum absolute atomic E-state index is 13.2. The molecule has 3 rings (SSSR count). The number of piperidine rings is 1. The van der Waals surface area contributed by atoms with Crippen molar-refractivity contribution in [1.82, 2.24) is 15.5 Å². The van der Waals surface area contributed by atoms with Gasteiger partial charge in [-0.1, -0.05) is 32.0 Å². The van der Waals surface area contributed by atoms with E-state index in [2.05, 4.69) is 10.6 Å². The summed E-state index contributed by atoms with van der Waals surface area (Å²) in [5.74, 6) is -0.441. The van der Waals surface area contributed by atoms with Crippen LogP contribution in [0.15, 0.2) is 24.3 Å². The molecule has 2 N–H and O–H groups in total. The molecule has 0 aromatic heterocycles. The van der Waals surface area contributed by atoms with E-state index in [1.54, 1.807) is 11.0 Å². The summed E-state index contributed by atoms with van der Waals surface area (Å²) >= 11 is 0. The van der Waals surface area contributed by atoms with E-state index in [0.29, 0.717) is 18.7 Å². The first-order chi connectivity index (χ1) is 12.4. The molecule has 0 bridgehead atoms. The molecule has 1 aromatic carbocycles. The number of carbonyl (C=O) groups excluding carboxylic acids is 3. The summed E-state index contributed by atoms with van der Waals surface area (Å²) in [6.07, 6.45) is 1.64. The van der Waals surface area contributed by atoms with E-state index in [-0.39, 0.29) is 35.6 Å². The zero-order valence-corrected chi connectivity index (χ0v) is 15.6. The number of hydrogen-bond acceptors (Lipinski definition) is 3. The lowest BCUT2D eigenvalue weighted by Gasteiger charge is -2.39. The topological polar surface area (TPSA) is 78.5 Å². The van der Waals surface area contributed by atoms with Gasteiger partial charge in [0.25, 0.3) is 5.91 Å². The van der Waals surface area contributed by atoms with Gasteiger partial charge in [-0.3, -0.25) is 14.4 Å². The molecular formula is C20H27N3O3. The van der Waals surface area contributed by atoms with Crippen LogP contribution in [0.2, 0.25) is 0 Å². The van der Waals surface area contributed by atoms with Crippen LogP contribution in [0.1, 0.15) is 42.6 Å². The van der Waals surface area contributed by atoms with Crippen LogP contribution < -0.4 is 10.6 Å². The lowest BCUT2D eigenvalue weighted by Crippen LogP contribution is -2.57. The van der Waals surface area contributed by atoms with Crippen molar-refractivity contribution in [3.05, 3.63) is 35.4 Å². The Morgan fingerprint density at radius 3 is 2.69 bits per heavy atom. The van der Waals surface area contributed by atoms with Crippen molar-refractivity contribution < 1.29 is 14.4 Å². The predicted octanol–water partition coefficient (Wildman–Crippen LogP) is 1.49. The van der Waals surface area contributed by atoms with E-state index >= 15 is 0 Å². The molecule has 3 amide bonds. The van der Waals surface area contributed by atoms with Crippen LogP contribution in [0.4, 0.5) is 0 Å². The van der Waals surface area contributed by atoms with Gasteiger partial charge in [-0.25, -0.2) is 0 Å². The number of amides is 3. The Bertz CT molecular complexity index is 716. The number of nitrogens with one attached hydrogen (secondary N) is 2. The van der Waals surface area contributed by atoms with Gasteiger partial charge in [0, 0.05) is 18.7 Å². The summed E-state index contributed by atoms with van der Waals surface area (Å²) in [5.41, 5.74) is 1.46. The maximum Gasteiger partial charge on any atom is 0.252 e. The molecule has 1 unspecified atom stereocenters. The first-order valence-electron chi connectivity index (χ1n) is 9.35. The number of likely N-dealkylation sites (tertiary alicyclic amines) is 1. The highest BCUT2D eigenvalue weighted by atomic mass is 16.2. The minimum Gasteiger partial charge on any atom is -0.354 e. The number of fused-ring (bicyclic) bond motifs is 1. The van der Waals surface area contributed by atoms with Gasteiger partial charge in [0.1, 0.15) is 6.04 Å². The van der Waals surface area contributed by atoms with E-state index in [0.717, 1.165) is 18.4 Å². The largest absolute Gasteiger partial charge is 0.354 e. The highest BCUT2D eigenvalue weighted by Crippen LogP contribution is 2.28. The van der Waals surface area contributed by atoms with E-state index in [9.17, 15) is 14.4 Å². The lowest BCUT2D eigenvalue weighted by atomic mass is 9.90. The number of benzene rings is 1. The van der Waals surface area contributed by atoms with Gasteiger partial charge >= 0.3 is 0 Å². The smallest absolute Gasteiger partial charge is 0.252 e. The van der Waals surface area contributed by atoms with Gasteiger partial charge in [0.2, 0.25) is 11.8 Å². The number of nitrogens with zero attached hydrogens (tertiary/aromatic N) is 1. The molecule has 0 spiro atoms. The lowest BCUT2D eigenvalue weighted by molar-refractivity contribution is -0.139. The van der Waals surface area contributed by atoms with Gasteiger partial charge in [0.05, 0.1) is 12.0 Å². The van der Waals surface area contributed by atoms with Crippen LogP contribution in [0.25, 0.3) is 0 Å². The van der Waals surface area contributed by atoms with E-state index in [1.165, 1.54) is 0 Å². The van der Waals surface area contributed by atoms with Crippen molar-refractivity contribution in [2.75, 3.05) is 13.1 Å². The minimum atomic E-state index is -0.600. The number of hydrogen-bond donors (Lipinski definition) is 2. The molecule has 2 saturated heterocycles. The molecule has 1 aromatic rings. The third-order valence-corrected chi connectivity index (χ3v) is 5.49. The first kappa shape index (κ1) is 18.4. The van der Waals surface area contributed by atoms with Gasteiger partial charge in [-0.2, -0.15) is 0 Å². The molecule has 2 aliphatic heterocycles. The van der Waals surface area contributed by atoms with Crippen molar-refractivity contribution in [3.63, 3.8) is 0 Å². The monoisotopic (exact) mass is 357 g/mol. The Balaban J connectivity index is 1.77. The second kappa shape index (κ2) is 7.48. The molecule has 2 heterocycles. The summed E-state index contributed by atoms with van der Waals surface area (Å²) in [4.78, 5) is 39.7. The van der Waals surface area contributed by atoms with Crippen molar-refractivity contribution in [1.29, 1.82) is 0 Å². The minimum absolute atomic E-state index is 0.0394. The SMILES string of the molecule is Cc1ccccc1C(=O)NC(C(=O)N1CCC[C@H]2C(=O)NC[C@H]21)C(C)C.